The normalized spacial score (nSPS) is 21.5. The SMILES string of the molecule is O=C(NCC1(Cn2ccnc2)CC1)C1CCc2ccccc2C1. The molecular formula is C19H23N3O. The third-order valence-electron chi connectivity index (χ3n) is 5.39. The first kappa shape index (κ1) is 14.5. The molecule has 2 aliphatic carbocycles. The highest BCUT2D eigenvalue weighted by atomic mass is 16.1. The Hall–Kier alpha value is -2.10. The van der Waals surface area contributed by atoms with E-state index < -0.39 is 0 Å². The second kappa shape index (κ2) is 5.84. The molecule has 1 unspecified atom stereocenters. The molecule has 1 aromatic heterocycles. The molecule has 1 atom stereocenters. The number of aromatic nitrogens is 2. The Labute approximate surface area is 136 Å². The highest BCUT2D eigenvalue weighted by molar-refractivity contribution is 5.79. The van der Waals surface area contributed by atoms with Crippen LogP contribution >= 0.6 is 0 Å². The maximum atomic E-state index is 12.6. The molecule has 4 nitrogen and oxygen atoms in total. The minimum absolute atomic E-state index is 0.133. The second-order valence-corrected chi connectivity index (χ2v) is 7.16. The van der Waals surface area contributed by atoms with Gasteiger partial charge in [0.25, 0.3) is 0 Å². The molecule has 120 valence electrons. The van der Waals surface area contributed by atoms with Gasteiger partial charge in [-0.15, -0.1) is 0 Å². The predicted octanol–water partition coefficient (Wildman–Crippen LogP) is 2.58. The van der Waals surface area contributed by atoms with Gasteiger partial charge >= 0.3 is 0 Å². The predicted molar refractivity (Wildman–Crippen MR) is 88.9 cm³/mol. The van der Waals surface area contributed by atoms with E-state index in [1.165, 1.54) is 24.0 Å². The highest BCUT2D eigenvalue weighted by Gasteiger charge is 2.43. The van der Waals surface area contributed by atoms with Crippen molar-refractivity contribution in [1.82, 2.24) is 14.9 Å². The average Bonchev–Trinajstić information content (AvgIpc) is 3.15. The molecule has 1 heterocycles. The Morgan fingerprint density at radius 3 is 2.87 bits per heavy atom. The van der Waals surface area contributed by atoms with E-state index >= 15 is 0 Å². The van der Waals surface area contributed by atoms with Gasteiger partial charge in [-0.25, -0.2) is 4.98 Å². The van der Waals surface area contributed by atoms with Crippen molar-refractivity contribution in [2.24, 2.45) is 11.3 Å². The van der Waals surface area contributed by atoms with Gasteiger partial charge in [-0.05, 0) is 43.2 Å². The Bertz CT molecular complexity index is 688. The number of carbonyl (C=O) groups is 1. The summed E-state index contributed by atoms with van der Waals surface area (Å²) in [6, 6.07) is 8.51. The molecule has 4 heteroatoms. The summed E-state index contributed by atoms with van der Waals surface area (Å²) in [6.45, 7) is 1.75. The first-order valence-corrected chi connectivity index (χ1v) is 8.54. The van der Waals surface area contributed by atoms with Crippen LogP contribution in [-0.4, -0.2) is 22.0 Å². The van der Waals surface area contributed by atoms with E-state index in [2.05, 4.69) is 39.1 Å². The molecule has 0 radical (unpaired) electrons. The Morgan fingerprint density at radius 2 is 2.13 bits per heavy atom. The van der Waals surface area contributed by atoms with E-state index in [1.54, 1.807) is 0 Å². The van der Waals surface area contributed by atoms with Crippen molar-refractivity contribution < 1.29 is 4.79 Å². The maximum absolute atomic E-state index is 12.6. The lowest BCUT2D eigenvalue weighted by Gasteiger charge is -2.25. The molecule has 2 aliphatic rings. The molecule has 23 heavy (non-hydrogen) atoms. The summed E-state index contributed by atoms with van der Waals surface area (Å²) < 4.78 is 2.12. The van der Waals surface area contributed by atoms with Crippen molar-refractivity contribution in [2.75, 3.05) is 6.54 Å². The van der Waals surface area contributed by atoms with E-state index in [0.29, 0.717) is 0 Å². The molecular weight excluding hydrogens is 286 g/mol. The molecule has 1 aromatic carbocycles. The van der Waals surface area contributed by atoms with Crippen molar-refractivity contribution in [2.45, 2.75) is 38.6 Å². The molecule has 1 N–H and O–H groups in total. The number of hydrogen-bond acceptors (Lipinski definition) is 2. The first-order valence-electron chi connectivity index (χ1n) is 8.54. The van der Waals surface area contributed by atoms with E-state index in [1.807, 2.05) is 18.7 Å². The second-order valence-electron chi connectivity index (χ2n) is 7.16. The Kier molecular flexibility index (Phi) is 3.68. The van der Waals surface area contributed by atoms with Gasteiger partial charge in [-0.3, -0.25) is 4.79 Å². The van der Waals surface area contributed by atoms with Crippen LogP contribution in [0.15, 0.2) is 43.0 Å². The van der Waals surface area contributed by atoms with Gasteiger partial charge in [0.2, 0.25) is 5.91 Å². The number of fused-ring (bicyclic) bond motifs is 1. The molecule has 2 aromatic rings. The van der Waals surface area contributed by atoms with Crippen molar-refractivity contribution in [3.63, 3.8) is 0 Å². The van der Waals surface area contributed by atoms with Gasteiger partial charge in [0.05, 0.1) is 6.33 Å². The maximum Gasteiger partial charge on any atom is 0.223 e. The lowest BCUT2D eigenvalue weighted by molar-refractivity contribution is -0.125. The van der Waals surface area contributed by atoms with Gasteiger partial charge in [-0.1, -0.05) is 24.3 Å². The molecule has 0 aliphatic heterocycles. The smallest absolute Gasteiger partial charge is 0.223 e. The van der Waals surface area contributed by atoms with Crippen molar-refractivity contribution in [3.05, 3.63) is 54.1 Å². The zero-order valence-electron chi connectivity index (χ0n) is 13.4. The minimum Gasteiger partial charge on any atom is -0.355 e. The van der Waals surface area contributed by atoms with E-state index in [9.17, 15) is 4.79 Å². The van der Waals surface area contributed by atoms with Crippen LogP contribution < -0.4 is 5.32 Å². The summed E-state index contributed by atoms with van der Waals surface area (Å²) in [5.41, 5.74) is 3.01. The number of amides is 1. The van der Waals surface area contributed by atoms with Crippen LogP contribution in [0.2, 0.25) is 0 Å². The van der Waals surface area contributed by atoms with Crippen LogP contribution in [0.1, 0.15) is 30.4 Å². The van der Waals surface area contributed by atoms with E-state index in [-0.39, 0.29) is 17.2 Å². The third kappa shape index (κ3) is 3.16. The fourth-order valence-electron chi connectivity index (χ4n) is 3.68. The largest absolute Gasteiger partial charge is 0.355 e. The zero-order valence-corrected chi connectivity index (χ0v) is 13.4. The van der Waals surface area contributed by atoms with Crippen molar-refractivity contribution >= 4 is 5.91 Å². The molecule has 0 saturated heterocycles. The number of hydrogen-bond donors (Lipinski definition) is 1. The monoisotopic (exact) mass is 309 g/mol. The first-order chi connectivity index (χ1) is 11.2. The minimum atomic E-state index is 0.133. The van der Waals surface area contributed by atoms with Crippen LogP contribution in [0.5, 0.6) is 0 Å². The summed E-state index contributed by atoms with van der Waals surface area (Å²) in [4.78, 5) is 16.7. The molecule has 1 saturated carbocycles. The lowest BCUT2D eigenvalue weighted by atomic mass is 9.83. The topological polar surface area (TPSA) is 46.9 Å². The van der Waals surface area contributed by atoms with Crippen LogP contribution in [0.3, 0.4) is 0 Å². The van der Waals surface area contributed by atoms with Crippen LogP contribution in [0.4, 0.5) is 0 Å². The van der Waals surface area contributed by atoms with Crippen LogP contribution in [0, 0.1) is 11.3 Å². The quantitative estimate of drug-likeness (QED) is 0.923. The standard InChI is InChI=1S/C19H23N3O/c23-18(17-6-5-15-3-1-2-4-16(15)11-17)21-12-19(7-8-19)13-22-10-9-20-14-22/h1-4,9-10,14,17H,5-8,11-13H2,(H,21,23). The number of nitrogens with one attached hydrogen (secondary N) is 1. The van der Waals surface area contributed by atoms with Gasteiger partial charge in [0.15, 0.2) is 0 Å². The van der Waals surface area contributed by atoms with Crippen molar-refractivity contribution in [3.8, 4) is 0 Å². The van der Waals surface area contributed by atoms with Gasteiger partial charge < -0.3 is 9.88 Å². The molecule has 1 amide bonds. The summed E-state index contributed by atoms with van der Waals surface area (Å²) >= 11 is 0. The highest BCUT2D eigenvalue weighted by Crippen LogP contribution is 2.46. The molecule has 0 bridgehead atoms. The number of aryl methyl sites for hydroxylation is 1. The fourth-order valence-corrected chi connectivity index (χ4v) is 3.68. The summed E-state index contributed by atoms with van der Waals surface area (Å²) in [7, 11) is 0. The number of nitrogens with zero attached hydrogens (tertiary/aromatic N) is 2. The molecule has 1 fully saturated rings. The third-order valence-corrected chi connectivity index (χ3v) is 5.39. The number of benzene rings is 1. The number of rotatable bonds is 5. The van der Waals surface area contributed by atoms with Gasteiger partial charge in [0.1, 0.15) is 0 Å². The fraction of sp³-hybridized carbons (Fsp3) is 0.474. The van der Waals surface area contributed by atoms with Crippen molar-refractivity contribution in [1.29, 1.82) is 0 Å². The number of carbonyl (C=O) groups excluding carboxylic acids is 1. The van der Waals surface area contributed by atoms with Gasteiger partial charge in [-0.2, -0.15) is 0 Å². The Morgan fingerprint density at radius 1 is 1.30 bits per heavy atom. The zero-order chi connectivity index (χ0) is 15.7. The molecule has 0 spiro atoms. The average molecular weight is 309 g/mol. The molecule has 4 rings (SSSR count). The number of imidazole rings is 1. The van der Waals surface area contributed by atoms with Crippen LogP contribution in [-0.2, 0) is 24.2 Å². The summed E-state index contributed by atoms with van der Waals surface area (Å²) in [5.74, 6) is 0.366. The lowest BCUT2D eigenvalue weighted by Crippen LogP contribution is -2.38. The van der Waals surface area contributed by atoms with Gasteiger partial charge in [0, 0.05) is 36.8 Å². The summed E-state index contributed by atoms with van der Waals surface area (Å²) in [5, 5.41) is 3.23. The van der Waals surface area contributed by atoms with E-state index in [4.69, 9.17) is 0 Å². The summed E-state index contributed by atoms with van der Waals surface area (Å²) in [6.07, 6.45) is 10.9. The Balaban J connectivity index is 1.33. The van der Waals surface area contributed by atoms with E-state index in [0.717, 1.165) is 32.4 Å². The van der Waals surface area contributed by atoms with Crippen LogP contribution in [0.25, 0.3) is 0 Å².